The van der Waals surface area contributed by atoms with Gasteiger partial charge in [0.2, 0.25) is 0 Å². The highest BCUT2D eigenvalue weighted by Crippen LogP contribution is 2.49. The van der Waals surface area contributed by atoms with Gasteiger partial charge in [-0.25, -0.2) is 14.4 Å². The molecule has 28 heavy (non-hydrogen) atoms. The molecule has 1 N–H and O–H groups in total. The van der Waals surface area contributed by atoms with Crippen LogP contribution in [-0.2, 0) is 11.6 Å². The van der Waals surface area contributed by atoms with Crippen LogP contribution in [0.3, 0.4) is 0 Å². The quantitative estimate of drug-likeness (QED) is 0.660. The van der Waals surface area contributed by atoms with Crippen LogP contribution in [-0.4, -0.2) is 26.1 Å². The van der Waals surface area contributed by atoms with Gasteiger partial charge in [0.05, 0.1) is 18.0 Å². The lowest BCUT2D eigenvalue weighted by Gasteiger charge is -2.19. The van der Waals surface area contributed by atoms with Crippen LogP contribution in [0.2, 0.25) is 0 Å². The summed E-state index contributed by atoms with van der Waals surface area (Å²) in [4.78, 5) is 12.8. The lowest BCUT2D eigenvalue weighted by Crippen LogP contribution is -2.21. The number of benzene rings is 1. The third-order valence-electron chi connectivity index (χ3n) is 4.99. The van der Waals surface area contributed by atoms with E-state index in [4.69, 9.17) is 0 Å². The molecule has 1 saturated carbocycles. The Morgan fingerprint density at radius 3 is 2.61 bits per heavy atom. The van der Waals surface area contributed by atoms with Crippen LogP contribution >= 0.6 is 0 Å². The molecule has 1 aliphatic carbocycles. The maximum Gasteiger partial charge on any atom is 0.416 e. The lowest BCUT2D eigenvalue weighted by molar-refractivity contribution is -0.137. The molecule has 1 fully saturated rings. The van der Waals surface area contributed by atoms with Crippen molar-refractivity contribution in [1.29, 1.82) is 0 Å². The van der Waals surface area contributed by atoms with E-state index in [-0.39, 0.29) is 0 Å². The van der Waals surface area contributed by atoms with Crippen molar-refractivity contribution in [3.8, 4) is 5.82 Å². The Morgan fingerprint density at radius 2 is 1.96 bits per heavy atom. The number of hydrogen-bond donors (Lipinski definition) is 1. The van der Waals surface area contributed by atoms with Gasteiger partial charge < -0.3 is 5.32 Å². The van der Waals surface area contributed by atoms with Gasteiger partial charge in [-0.3, -0.25) is 9.55 Å². The van der Waals surface area contributed by atoms with E-state index >= 15 is 0 Å². The molecule has 9 heteroatoms. The minimum Gasteiger partial charge on any atom is -0.368 e. The van der Waals surface area contributed by atoms with E-state index in [1.807, 2.05) is 6.92 Å². The second-order valence-corrected chi connectivity index (χ2v) is 6.97. The number of nitrogens with one attached hydrogen (secondary N) is 1. The van der Waals surface area contributed by atoms with Crippen molar-refractivity contribution in [2.45, 2.75) is 31.4 Å². The standard InChI is InChI=1S/C19H17F4N5/c1-12-25-4-5-28(12)17-10-24-9-16(27-17)26-11-18(2-3-18)13-6-14(19(21,22)23)8-15(20)7-13/h4-10H,2-3,11H2,1H3,(H,26,27). The second-order valence-electron chi connectivity index (χ2n) is 6.97. The summed E-state index contributed by atoms with van der Waals surface area (Å²) in [6.07, 6.45) is 3.31. The third kappa shape index (κ3) is 3.56. The molecule has 1 aromatic carbocycles. The van der Waals surface area contributed by atoms with E-state index in [0.29, 0.717) is 42.7 Å². The Kier molecular flexibility index (Phi) is 4.32. The molecule has 2 heterocycles. The van der Waals surface area contributed by atoms with Gasteiger partial charge in [0.15, 0.2) is 5.82 Å². The van der Waals surface area contributed by atoms with Crippen LogP contribution in [0, 0.1) is 12.7 Å². The Balaban J connectivity index is 1.55. The Labute approximate surface area is 158 Å². The summed E-state index contributed by atoms with van der Waals surface area (Å²) in [5, 5.41) is 3.13. The van der Waals surface area contributed by atoms with Gasteiger partial charge in [0, 0.05) is 24.4 Å². The maximum absolute atomic E-state index is 13.8. The fraction of sp³-hybridized carbons (Fsp3) is 0.316. The number of alkyl halides is 3. The first-order valence-electron chi connectivity index (χ1n) is 8.71. The summed E-state index contributed by atoms with van der Waals surface area (Å²) in [5.41, 5.74) is -1.15. The molecule has 5 nitrogen and oxygen atoms in total. The van der Waals surface area contributed by atoms with Crippen LogP contribution in [0.1, 0.15) is 29.8 Å². The zero-order valence-corrected chi connectivity index (χ0v) is 15.0. The molecule has 0 amide bonds. The maximum atomic E-state index is 13.8. The van der Waals surface area contributed by atoms with Crippen LogP contribution in [0.15, 0.2) is 43.0 Å². The smallest absolute Gasteiger partial charge is 0.368 e. The van der Waals surface area contributed by atoms with Crippen LogP contribution in [0.5, 0.6) is 0 Å². The largest absolute Gasteiger partial charge is 0.416 e. The van der Waals surface area contributed by atoms with E-state index in [9.17, 15) is 17.6 Å². The molecule has 0 saturated heterocycles. The average Bonchev–Trinajstić information content (AvgIpc) is 3.33. The lowest BCUT2D eigenvalue weighted by atomic mass is 9.94. The predicted octanol–water partition coefficient (Wildman–Crippen LogP) is 4.27. The van der Waals surface area contributed by atoms with Gasteiger partial charge in [-0.15, -0.1) is 0 Å². The average molecular weight is 391 g/mol. The molecule has 0 radical (unpaired) electrons. The van der Waals surface area contributed by atoms with Crippen molar-refractivity contribution < 1.29 is 17.6 Å². The molecule has 3 aromatic rings. The minimum atomic E-state index is -4.58. The van der Waals surface area contributed by atoms with Crippen LogP contribution < -0.4 is 5.32 Å². The van der Waals surface area contributed by atoms with Crippen molar-refractivity contribution >= 4 is 5.82 Å². The summed E-state index contributed by atoms with van der Waals surface area (Å²) in [7, 11) is 0. The molecule has 0 spiro atoms. The fourth-order valence-corrected chi connectivity index (χ4v) is 3.21. The van der Waals surface area contributed by atoms with E-state index in [1.54, 1.807) is 29.4 Å². The summed E-state index contributed by atoms with van der Waals surface area (Å²) in [5.74, 6) is 0.942. The van der Waals surface area contributed by atoms with Gasteiger partial charge in [-0.05, 0) is 43.5 Å². The third-order valence-corrected chi connectivity index (χ3v) is 4.99. The molecule has 0 aliphatic heterocycles. The van der Waals surface area contributed by atoms with Gasteiger partial charge in [0.1, 0.15) is 17.5 Å². The molecule has 146 valence electrons. The number of aryl methyl sites for hydroxylation is 1. The Bertz CT molecular complexity index is 1010. The van der Waals surface area contributed by atoms with Crippen LogP contribution in [0.4, 0.5) is 23.4 Å². The predicted molar refractivity (Wildman–Crippen MR) is 94.7 cm³/mol. The van der Waals surface area contributed by atoms with Gasteiger partial charge in [0.25, 0.3) is 0 Å². The molecule has 2 aromatic heterocycles. The summed E-state index contributed by atoms with van der Waals surface area (Å²) in [6, 6.07) is 2.74. The molecule has 0 atom stereocenters. The van der Waals surface area contributed by atoms with E-state index in [0.717, 1.165) is 11.9 Å². The summed E-state index contributed by atoms with van der Waals surface area (Å²) >= 11 is 0. The Morgan fingerprint density at radius 1 is 1.18 bits per heavy atom. The van der Waals surface area contributed by atoms with E-state index in [2.05, 4.69) is 20.3 Å². The van der Waals surface area contributed by atoms with Crippen molar-refractivity contribution in [2.24, 2.45) is 0 Å². The molecular formula is C19H17F4N5. The monoisotopic (exact) mass is 391 g/mol. The topological polar surface area (TPSA) is 55.6 Å². The minimum absolute atomic E-state index is 0.342. The fourth-order valence-electron chi connectivity index (χ4n) is 3.21. The number of hydrogen-bond acceptors (Lipinski definition) is 4. The number of aromatic nitrogens is 4. The first-order chi connectivity index (χ1) is 13.3. The zero-order chi connectivity index (χ0) is 19.9. The highest BCUT2D eigenvalue weighted by molar-refractivity contribution is 5.42. The number of imidazole rings is 1. The summed E-state index contributed by atoms with van der Waals surface area (Å²) < 4.78 is 54.6. The number of rotatable bonds is 5. The van der Waals surface area contributed by atoms with Gasteiger partial charge in [-0.2, -0.15) is 13.2 Å². The molecule has 0 bridgehead atoms. The van der Waals surface area contributed by atoms with Crippen molar-refractivity contribution in [2.75, 3.05) is 11.9 Å². The zero-order valence-electron chi connectivity index (χ0n) is 15.0. The molecular weight excluding hydrogens is 374 g/mol. The molecule has 4 rings (SSSR count). The molecule has 1 aliphatic rings. The first-order valence-corrected chi connectivity index (χ1v) is 8.71. The van der Waals surface area contributed by atoms with E-state index < -0.39 is 23.0 Å². The first kappa shape index (κ1) is 18.4. The van der Waals surface area contributed by atoms with Crippen molar-refractivity contribution in [3.05, 3.63) is 65.8 Å². The van der Waals surface area contributed by atoms with Crippen molar-refractivity contribution in [1.82, 2.24) is 19.5 Å². The second kappa shape index (κ2) is 6.57. The van der Waals surface area contributed by atoms with E-state index in [1.165, 1.54) is 6.07 Å². The normalized spacial score (nSPS) is 15.5. The van der Waals surface area contributed by atoms with Crippen molar-refractivity contribution in [3.63, 3.8) is 0 Å². The number of halogens is 4. The van der Waals surface area contributed by atoms with Crippen LogP contribution in [0.25, 0.3) is 5.82 Å². The highest BCUT2D eigenvalue weighted by Gasteiger charge is 2.45. The SMILES string of the molecule is Cc1nccn1-c1cncc(NCC2(c3cc(F)cc(C(F)(F)F)c3)CC2)n1. The number of nitrogens with zero attached hydrogens (tertiary/aromatic N) is 4. The Hall–Kier alpha value is -2.97. The number of anilines is 1. The van der Waals surface area contributed by atoms with Gasteiger partial charge in [-0.1, -0.05) is 0 Å². The highest BCUT2D eigenvalue weighted by atomic mass is 19.4. The van der Waals surface area contributed by atoms with Gasteiger partial charge >= 0.3 is 6.18 Å². The molecule has 0 unspecified atom stereocenters. The summed E-state index contributed by atoms with van der Waals surface area (Å²) in [6.45, 7) is 2.18.